The number of hydrogen-bond acceptors (Lipinski definition) is 5. The molecule has 0 spiro atoms. The molecule has 0 aliphatic carbocycles. The zero-order valence-electron chi connectivity index (χ0n) is 15.6. The van der Waals surface area contributed by atoms with Gasteiger partial charge < -0.3 is 14.9 Å². The third-order valence-electron chi connectivity index (χ3n) is 5.60. The fourth-order valence-electron chi connectivity index (χ4n) is 4.01. The van der Waals surface area contributed by atoms with E-state index < -0.39 is 0 Å². The van der Waals surface area contributed by atoms with Gasteiger partial charge in [-0.25, -0.2) is 0 Å². The van der Waals surface area contributed by atoms with Crippen LogP contribution in [0.5, 0.6) is 6.01 Å². The normalized spacial score (nSPS) is 16.1. The molecule has 0 saturated carbocycles. The molecule has 0 unspecified atom stereocenters. The number of aromatic nitrogens is 2. The Balaban J connectivity index is 1.46. The predicted octanol–water partition coefficient (Wildman–Crippen LogP) is 2.36. The van der Waals surface area contributed by atoms with Crippen LogP contribution in [-0.2, 0) is 11.3 Å². The summed E-state index contributed by atoms with van der Waals surface area (Å²) in [5.74, 6) is -0.150. The smallest absolute Gasteiger partial charge is 0.315 e. The van der Waals surface area contributed by atoms with Crippen LogP contribution < -0.4 is 0 Å². The second-order valence-corrected chi connectivity index (χ2v) is 7.30. The first kappa shape index (κ1) is 17.4. The largest absolute Gasteiger partial charge is 0.479 e. The lowest BCUT2D eigenvalue weighted by Gasteiger charge is -2.43. The molecule has 1 fully saturated rings. The average Bonchev–Trinajstić information content (AvgIpc) is 3.01. The van der Waals surface area contributed by atoms with Gasteiger partial charge in [0.15, 0.2) is 0 Å². The summed E-state index contributed by atoms with van der Waals surface area (Å²) in [6.07, 6.45) is 1.30. The fraction of sp³-hybridized carbons (Fsp3) is 0.182. The van der Waals surface area contributed by atoms with Gasteiger partial charge in [-0.3, -0.25) is 9.59 Å². The highest BCUT2D eigenvalue weighted by molar-refractivity contribution is 6.01. The van der Waals surface area contributed by atoms with E-state index in [9.17, 15) is 14.7 Å². The minimum Gasteiger partial charge on any atom is -0.479 e. The van der Waals surface area contributed by atoms with Crippen molar-refractivity contribution < 1.29 is 14.7 Å². The Labute approximate surface area is 166 Å². The number of likely N-dealkylation sites (tertiary alicyclic amines) is 1. The molecule has 2 aliphatic rings. The fourth-order valence-corrected chi connectivity index (χ4v) is 4.01. The van der Waals surface area contributed by atoms with E-state index in [4.69, 9.17) is 0 Å². The van der Waals surface area contributed by atoms with Gasteiger partial charge in [0.25, 0.3) is 5.91 Å². The number of nitrogens with zero attached hydrogens (tertiary/aromatic N) is 4. The molecule has 7 nitrogen and oxygen atoms in total. The lowest BCUT2D eigenvalue weighted by atomic mass is 10.0. The average molecular weight is 386 g/mol. The Morgan fingerprint density at radius 1 is 1.17 bits per heavy atom. The van der Waals surface area contributed by atoms with Crippen molar-refractivity contribution >= 4 is 22.7 Å². The molecule has 0 atom stereocenters. The molecule has 1 aromatic heterocycles. The van der Waals surface area contributed by atoms with E-state index in [0.717, 1.165) is 16.5 Å². The van der Waals surface area contributed by atoms with Crippen molar-refractivity contribution in [2.45, 2.75) is 12.6 Å². The number of fused-ring (bicyclic) bond motifs is 2. The summed E-state index contributed by atoms with van der Waals surface area (Å²) in [7, 11) is 0. The highest BCUT2D eigenvalue weighted by atomic mass is 16.3. The second kappa shape index (κ2) is 6.41. The summed E-state index contributed by atoms with van der Waals surface area (Å²) in [6, 6.07) is 12.8. The van der Waals surface area contributed by atoms with Crippen molar-refractivity contribution in [2.75, 3.05) is 13.1 Å². The van der Waals surface area contributed by atoms with Crippen molar-refractivity contribution in [3.63, 3.8) is 0 Å². The molecular formula is C22H18N4O3. The summed E-state index contributed by atoms with van der Waals surface area (Å²) in [6.45, 7) is 5.09. The van der Waals surface area contributed by atoms with E-state index in [1.165, 1.54) is 6.08 Å². The summed E-state index contributed by atoms with van der Waals surface area (Å²) in [5.41, 5.74) is 3.58. The number of aromatic hydroxyl groups is 1. The van der Waals surface area contributed by atoms with E-state index in [1.807, 2.05) is 47.4 Å². The Morgan fingerprint density at radius 3 is 2.76 bits per heavy atom. The molecule has 0 bridgehead atoms. The van der Waals surface area contributed by atoms with Crippen LogP contribution in [0.15, 0.2) is 55.1 Å². The maximum atomic E-state index is 13.0. The van der Waals surface area contributed by atoms with Crippen molar-refractivity contribution in [3.05, 3.63) is 66.2 Å². The Kier molecular flexibility index (Phi) is 3.84. The predicted molar refractivity (Wildman–Crippen MR) is 107 cm³/mol. The first-order chi connectivity index (χ1) is 14.0. The standard InChI is InChI=1S/C22H18N4O3/c1-2-19(27)25-11-15(12-25)26-10-14-8-7-13(9-17(14)21(26)28)20-16-5-3-4-6-18(16)23-22(29)24-20/h2-9,15H,1,10-12H2,(H,23,24,29). The molecule has 1 saturated heterocycles. The van der Waals surface area contributed by atoms with E-state index >= 15 is 0 Å². The van der Waals surface area contributed by atoms with E-state index in [-0.39, 0.29) is 23.9 Å². The van der Waals surface area contributed by atoms with Crippen molar-refractivity contribution in [2.24, 2.45) is 0 Å². The van der Waals surface area contributed by atoms with Crippen LogP contribution >= 0.6 is 0 Å². The van der Waals surface area contributed by atoms with Crippen molar-refractivity contribution in [3.8, 4) is 17.3 Å². The molecule has 3 aromatic rings. The third kappa shape index (κ3) is 2.74. The maximum absolute atomic E-state index is 13.0. The monoisotopic (exact) mass is 386 g/mol. The van der Waals surface area contributed by atoms with Gasteiger partial charge in [-0.05, 0) is 23.8 Å². The van der Waals surface area contributed by atoms with Crippen LogP contribution in [0, 0.1) is 0 Å². The molecule has 7 heteroatoms. The minimum atomic E-state index is -0.298. The second-order valence-electron chi connectivity index (χ2n) is 7.30. The lowest BCUT2D eigenvalue weighted by molar-refractivity contribution is -0.132. The van der Waals surface area contributed by atoms with Gasteiger partial charge in [-0.1, -0.05) is 36.9 Å². The van der Waals surface area contributed by atoms with Crippen LogP contribution in [0.2, 0.25) is 0 Å². The number of hydrogen-bond donors (Lipinski definition) is 1. The molecule has 0 radical (unpaired) electrons. The van der Waals surface area contributed by atoms with Crippen LogP contribution in [0.4, 0.5) is 0 Å². The summed E-state index contributed by atoms with van der Waals surface area (Å²) < 4.78 is 0. The first-order valence-electron chi connectivity index (χ1n) is 9.36. The molecule has 5 rings (SSSR count). The van der Waals surface area contributed by atoms with Gasteiger partial charge >= 0.3 is 6.01 Å². The van der Waals surface area contributed by atoms with Gasteiger partial charge in [0.05, 0.1) is 17.3 Å². The third-order valence-corrected chi connectivity index (χ3v) is 5.60. The molecule has 144 valence electrons. The van der Waals surface area contributed by atoms with Gasteiger partial charge in [0, 0.05) is 36.1 Å². The summed E-state index contributed by atoms with van der Waals surface area (Å²) in [4.78, 5) is 36.4. The zero-order valence-corrected chi connectivity index (χ0v) is 15.6. The van der Waals surface area contributed by atoms with Crippen LogP contribution in [-0.4, -0.2) is 55.8 Å². The van der Waals surface area contributed by atoms with E-state index in [0.29, 0.717) is 36.4 Å². The molecule has 3 heterocycles. The lowest BCUT2D eigenvalue weighted by Crippen LogP contribution is -2.60. The van der Waals surface area contributed by atoms with Gasteiger partial charge in [0.2, 0.25) is 5.91 Å². The zero-order chi connectivity index (χ0) is 20.1. The minimum absolute atomic E-state index is 0.0196. The van der Waals surface area contributed by atoms with Gasteiger partial charge in [-0.15, -0.1) is 0 Å². The van der Waals surface area contributed by atoms with Crippen LogP contribution in [0.25, 0.3) is 22.2 Å². The number of para-hydroxylation sites is 1. The van der Waals surface area contributed by atoms with Crippen LogP contribution in [0.3, 0.4) is 0 Å². The number of rotatable bonds is 3. The highest BCUT2D eigenvalue weighted by Crippen LogP contribution is 2.33. The molecule has 2 aromatic carbocycles. The highest BCUT2D eigenvalue weighted by Gasteiger charge is 2.40. The number of carbonyl (C=O) groups excluding carboxylic acids is 2. The molecule has 2 amide bonds. The molecular weight excluding hydrogens is 368 g/mol. The summed E-state index contributed by atoms with van der Waals surface area (Å²) >= 11 is 0. The molecule has 2 aliphatic heterocycles. The van der Waals surface area contributed by atoms with Crippen LogP contribution in [0.1, 0.15) is 15.9 Å². The Morgan fingerprint density at radius 2 is 1.97 bits per heavy atom. The maximum Gasteiger partial charge on any atom is 0.315 e. The SMILES string of the molecule is C=CC(=O)N1CC(N2Cc3ccc(-c4nc(O)nc5ccccc45)cc3C2=O)C1. The first-order valence-corrected chi connectivity index (χ1v) is 9.36. The van der Waals surface area contributed by atoms with Gasteiger partial charge in [0.1, 0.15) is 0 Å². The quantitative estimate of drug-likeness (QED) is 0.699. The van der Waals surface area contributed by atoms with E-state index in [2.05, 4.69) is 16.5 Å². The topological polar surface area (TPSA) is 86.6 Å². The number of benzene rings is 2. The number of carbonyl (C=O) groups is 2. The Hall–Kier alpha value is -3.74. The summed E-state index contributed by atoms with van der Waals surface area (Å²) in [5, 5.41) is 10.7. The van der Waals surface area contributed by atoms with Gasteiger partial charge in [-0.2, -0.15) is 9.97 Å². The Bertz CT molecular complexity index is 1180. The van der Waals surface area contributed by atoms with Crippen molar-refractivity contribution in [1.29, 1.82) is 0 Å². The van der Waals surface area contributed by atoms with Crippen molar-refractivity contribution in [1.82, 2.24) is 19.8 Å². The molecule has 1 N–H and O–H groups in total. The molecule has 29 heavy (non-hydrogen) atoms. The number of amides is 2. The van der Waals surface area contributed by atoms with E-state index in [1.54, 1.807) is 4.90 Å².